The van der Waals surface area contributed by atoms with Gasteiger partial charge in [-0.3, -0.25) is 4.79 Å². The first-order valence-electron chi connectivity index (χ1n) is 8.55. The van der Waals surface area contributed by atoms with Crippen LogP contribution in [0.4, 0.5) is 0 Å². The Morgan fingerprint density at radius 3 is 2.68 bits per heavy atom. The van der Waals surface area contributed by atoms with Crippen molar-refractivity contribution in [3.63, 3.8) is 0 Å². The highest BCUT2D eigenvalue weighted by Crippen LogP contribution is 2.38. The van der Waals surface area contributed by atoms with Gasteiger partial charge < -0.3 is 19.5 Å². The summed E-state index contributed by atoms with van der Waals surface area (Å²) in [5, 5.41) is 14.1. The maximum atomic E-state index is 12.6. The predicted octanol–water partition coefficient (Wildman–Crippen LogP) is 1.72. The van der Waals surface area contributed by atoms with E-state index in [-0.39, 0.29) is 5.91 Å². The molecule has 1 heterocycles. The molecule has 1 aromatic heterocycles. The number of aromatic nitrogens is 4. The summed E-state index contributed by atoms with van der Waals surface area (Å²) >= 11 is 0. The minimum absolute atomic E-state index is 0.227. The predicted molar refractivity (Wildman–Crippen MR) is 102 cm³/mol. The van der Waals surface area contributed by atoms with Crippen LogP contribution < -0.4 is 14.8 Å². The molecule has 1 N–H and O–H groups in total. The van der Waals surface area contributed by atoms with Crippen molar-refractivity contribution in [3.8, 4) is 28.3 Å². The van der Waals surface area contributed by atoms with E-state index in [1.165, 1.54) is 11.0 Å². The quantitative estimate of drug-likeness (QED) is 0.591. The molecule has 2 aromatic carbocycles. The van der Waals surface area contributed by atoms with E-state index in [0.717, 1.165) is 11.1 Å². The zero-order chi connectivity index (χ0) is 19.9. The summed E-state index contributed by atoms with van der Waals surface area (Å²) in [4.78, 5) is 12.6. The molecule has 146 valence electrons. The summed E-state index contributed by atoms with van der Waals surface area (Å²) in [5.41, 5.74) is 2.65. The molecule has 0 saturated heterocycles. The second kappa shape index (κ2) is 8.96. The van der Waals surface area contributed by atoms with Crippen molar-refractivity contribution < 1.29 is 19.0 Å². The second-order valence-corrected chi connectivity index (χ2v) is 5.81. The lowest BCUT2D eigenvalue weighted by atomic mass is 10.00. The first kappa shape index (κ1) is 19.3. The maximum Gasteiger partial charge on any atom is 0.251 e. The Kier molecular flexibility index (Phi) is 6.18. The number of nitrogens with zero attached hydrogens (tertiary/aromatic N) is 4. The number of nitrogens with one attached hydrogen (secondary N) is 1. The van der Waals surface area contributed by atoms with E-state index in [4.69, 9.17) is 14.2 Å². The second-order valence-electron chi connectivity index (χ2n) is 5.81. The standard InChI is InChI=1S/C19H21N5O4/c1-26-8-7-20-19(25)14-9-13(10-15(11-14)24-12-21-22-23-24)16-5-4-6-17(27-2)18(16)28-3/h4-6,9-12H,7-8H2,1-3H3,(H,20,25). The van der Waals surface area contributed by atoms with Crippen LogP contribution >= 0.6 is 0 Å². The number of carbonyl (C=O) groups is 1. The van der Waals surface area contributed by atoms with Gasteiger partial charge in [0.05, 0.1) is 26.5 Å². The van der Waals surface area contributed by atoms with Crippen LogP contribution in [-0.4, -0.2) is 60.6 Å². The largest absolute Gasteiger partial charge is 0.493 e. The van der Waals surface area contributed by atoms with E-state index in [9.17, 15) is 4.79 Å². The Bertz CT molecular complexity index is 944. The number of methoxy groups -OCH3 is 3. The molecule has 28 heavy (non-hydrogen) atoms. The highest BCUT2D eigenvalue weighted by atomic mass is 16.5. The van der Waals surface area contributed by atoms with Crippen LogP contribution in [0, 0.1) is 0 Å². The van der Waals surface area contributed by atoms with Crippen LogP contribution in [0.3, 0.4) is 0 Å². The van der Waals surface area contributed by atoms with Crippen LogP contribution in [0.5, 0.6) is 11.5 Å². The van der Waals surface area contributed by atoms with Crippen molar-refractivity contribution >= 4 is 5.91 Å². The van der Waals surface area contributed by atoms with Gasteiger partial charge in [0.2, 0.25) is 0 Å². The van der Waals surface area contributed by atoms with Crippen molar-refractivity contribution in [3.05, 3.63) is 48.3 Å². The molecule has 0 fully saturated rings. The van der Waals surface area contributed by atoms with Crippen LogP contribution in [0.15, 0.2) is 42.7 Å². The monoisotopic (exact) mass is 383 g/mol. The van der Waals surface area contributed by atoms with Gasteiger partial charge in [0.15, 0.2) is 11.5 Å². The van der Waals surface area contributed by atoms with Gasteiger partial charge in [-0.15, -0.1) is 5.10 Å². The van der Waals surface area contributed by atoms with E-state index in [1.807, 2.05) is 24.3 Å². The third-order valence-electron chi connectivity index (χ3n) is 4.10. The Hall–Kier alpha value is -3.46. The third-order valence-corrected chi connectivity index (χ3v) is 4.10. The number of ether oxygens (including phenoxy) is 3. The van der Waals surface area contributed by atoms with E-state index < -0.39 is 0 Å². The molecular weight excluding hydrogens is 362 g/mol. The fourth-order valence-corrected chi connectivity index (χ4v) is 2.79. The molecule has 0 atom stereocenters. The van der Waals surface area contributed by atoms with Crippen LogP contribution in [0.1, 0.15) is 10.4 Å². The van der Waals surface area contributed by atoms with Crippen LogP contribution in [0.25, 0.3) is 16.8 Å². The highest BCUT2D eigenvalue weighted by molar-refractivity contribution is 5.96. The topological polar surface area (TPSA) is 100 Å². The van der Waals surface area contributed by atoms with Gasteiger partial charge in [0.1, 0.15) is 6.33 Å². The zero-order valence-electron chi connectivity index (χ0n) is 15.9. The van der Waals surface area contributed by atoms with Crippen molar-refractivity contribution in [1.29, 1.82) is 0 Å². The molecule has 0 aliphatic heterocycles. The lowest BCUT2D eigenvalue weighted by molar-refractivity contribution is 0.0937. The van der Waals surface area contributed by atoms with Gasteiger partial charge in [-0.05, 0) is 40.3 Å². The number of tetrazole rings is 1. The molecule has 9 heteroatoms. The summed E-state index contributed by atoms with van der Waals surface area (Å²) < 4.78 is 17.4. The van der Waals surface area contributed by atoms with Gasteiger partial charge in [-0.2, -0.15) is 0 Å². The molecule has 3 rings (SSSR count). The summed E-state index contributed by atoms with van der Waals surface area (Å²) in [6.07, 6.45) is 1.47. The molecule has 0 unspecified atom stereocenters. The molecule has 0 aliphatic rings. The van der Waals surface area contributed by atoms with Gasteiger partial charge in [0, 0.05) is 24.8 Å². The van der Waals surface area contributed by atoms with Crippen LogP contribution in [-0.2, 0) is 4.74 Å². The molecule has 3 aromatic rings. The minimum Gasteiger partial charge on any atom is -0.493 e. The number of para-hydroxylation sites is 1. The Morgan fingerprint density at radius 1 is 1.14 bits per heavy atom. The van der Waals surface area contributed by atoms with Gasteiger partial charge in [-0.25, -0.2) is 4.68 Å². The average Bonchev–Trinajstić information content (AvgIpc) is 3.27. The number of carbonyl (C=O) groups excluding carboxylic acids is 1. The van der Waals surface area contributed by atoms with E-state index >= 15 is 0 Å². The average molecular weight is 383 g/mol. The van der Waals surface area contributed by atoms with E-state index in [1.54, 1.807) is 33.5 Å². The van der Waals surface area contributed by atoms with Gasteiger partial charge >= 0.3 is 0 Å². The summed E-state index contributed by atoms with van der Waals surface area (Å²) in [6.45, 7) is 0.831. The van der Waals surface area contributed by atoms with Crippen molar-refractivity contribution in [2.45, 2.75) is 0 Å². The zero-order valence-corrected chi connectivity index (χ0v) is 15.9. The molecule has 9 nitrogen and oxygen atoms in total. The number of amides is 1. The summed E-state index contributed by atoms with van der Waals surface area (Å²) in [7, 11) is 4.73. The SMILES string of the molecule is COCCNC(=O)c1cc(-c2cccc(OC)c2OC)cc(-n2cnnn2)c1. The fraction of sp³-hybridized carbons (Fsp3) is 0.263. The number of hydrogen-bond donors (Lipinski definition) is 1. The lowest BCUT2D eigenvalue weighted by Crippen LogP contribution is -2.27. The number of benzene rings is 2. The maximum absolute atomic E-state index is 12.6. The molecular formula is C19H21N5O4. The van der Waals surface area contributed by atoms with Crippen LogP contribution in [0.2, 0.25) is 0 Å². The fourth-order valence-electron chi connectivity index (χ4n) is 2.79. The highest BCUT2D eigenvalue weighted by Gasteiger charge is 2.16. The smallest absolute Gasteiger partial charge is 0.251 e. The normalized spacial score (nSPS) is 10.5. The first-order valence-corrected chi connectivity index (χ1v) is 8.55. The molecule has 0 aliphatic carbocycles. The van der Waals surface area contributed by atoms with Gasteiger partial charge in [0.25, 0.3) is 5.91 Å². The van der Waals surface area contributed by atoms with Crippen molar-refractivity contribution in [2.24, 2.45) is 0 Å². The Morgan fingerprint density at radius 2 is 2.00 bits per heavy atom. The Labute approximate surface area is 162 Å². The summed E-state index contributed by atoms with van der Waals surface area (Å²) in [5.74, 6) is 0.943. The number of hydrogen-bond acceptors (Lipinski definition) is 7. The van der Waals surface area contributed by atoms with E-state index in [2.05, 4.69) is 20.8 Å². The third kappa shape index (κ3) is 4.09. The van der Waals surface area contributed by atoms with Crippen molar-refractivity contribution in [1.82, 2.24) is 25.5 Å². The lowest BCUT2D eigenvalue weighted by Gasteiger charge is -2.15. The molecule has 0 bridgehead atoms. The number of rotatable bonds is 8. The van der Waals surface area contributed by atoms with E-state index in [0.29, 0.717) is 35.9 Å². The minimum atomic E-state index is -0.227. The molecule has 0 spiro atoms. The molecule has 0 radical (unpaired) electrons. The van der Waals surface area contributed by atoms with Gasteiger partial charge in [-0.1, -0.05) is 12.1 Å². The first-order chi connectivity index (χ1) is 13.7. The molecule has 1 amide bonds. The van der Waals surface area contributed by atoms with Crippen molar-refractivity contribution in [2.75, 3.05) is 34.5 Å². The Balaban J connectivity index is 2.10. The molecule has 0 saturated carbocycles. The summed E-state index contributed by atoms with van der Waals surface area (Å²) in [6, 6.07) is 10.9.